The average molecular weight is 268 g/mol. The van der Waals surface area contributed by atoms with Gasteiger partial charge in [0.15, 0.2) is 0 Å². The molecular weight excluding hydrogens is 248 g/mol. The highest BCUT2D eigenvalue weighted by Crippen LogP contribution is 2.12. The first-order valence-electron chi connectivity index (χ1n) is 7.10. The van der Waals surface area contributed by atoms with E-state index < -0.39 is 0 Å². The minimum atomic E-state index is -0.218. The molecule has 0 saturated heterocycles. The van der Waals surface area contributed by atoms with E-state index in [0.29, 0.717) is 12.2 Å². The smallest absolute Gasteiger partial charge is 0.338 e. The lowest BCUT2D eigenvalue weighted by Gasteiger charge is -2.09. The number of rotatable bonds is 6. The van der Waals surface area contributed by atoms with E-state index in [1.165, 1.54) is 5.56 Å². The lowest BCUT2D eigenvalue weighted by atomic mass is 10.0. The Kier molecular flexibility index (Phi) is 5.36. The fraction of sp³-hybridized carbons (Fsp3) is 0.278. The summed E-state index contributed by atoms with van der Waals surface area (Å²) < 4.78 is 5.38. The van der Waals surface area contributed by atoms with E-state index in [1.54, 1.807) is 0 Å². The van der Waals surface area contributed by atoms with Gasteiger partial charge in [0.25, 0.3) is 0 Å². The Bertz CT molecular complexity index is 546. The zero-order valence-electron chi connectivity index (χ0n) is 11.8. The van der Waals surface area contributed by atoms with E-state index in [9.17, 15) is 4.79 Å². The van der Waals surface area contributed by atoms with Gasteiger partial charge in [-0.05, 0) is 23.6 Å². The first kappa shape index (κ1) is 14.3. The van der Waals surface area contributed by atoms with E-state index in [2.05, 4.69) is 6.92 Å². The van der Waals surface area contributed by atoms with Gasteiger partial charge in [0.05, 0.1) is 12.2 Å². The van der Waals surface area contributed by atoms with Crippen molar-refractivity contribution in [2.75, 3.05) is 6.61 Å². The van der Waals surface area contributed by atoms with Crippen LogP contribution in [0.2, 0.25) is 0 Å². The zero-order chi connectivity index (χ0) is 14.2. The summed E-state index contributed by atoms with van der Waals surface area (Å²) in [6, 6.07) is 17.7. The van der Waals surface area contributed by atoms with E-state index in [-0.39, 0.29) is 5.97 Å². The summed E-state index contributed by atoms with van der Waals surface area (Å²) in [5.41, 5.74) is 2.95. The predicted molar refractivity (Wildman–Crippen MR) is 80.9 cm³/mol. The van der Waals surface area contributed by atoms with Crippen LogP contribution in [-0.4, -0.2) is 12.6 Å². The second-order valence-electron chi connectivity index (χ2n) is 4.78. The monoisotopic (exact) mass is 268 g/mol. The number of hydrogen-bond acceptors (Lipinski definition) is 2. The number of carbonyl (C=O) groups is 1. The van der Waals surface area contributed by atoms with Crippen molar-refractivity contribution in [2.24, 2.45) is 0 Å². The van der Waals surface area contributed by atoms with Crippen LogP contribution in [0.15, 0.2) is 54.6 Å². The van der Waals surface area contributed by atoms with Gasteiger partial charge in [-0.25, -0.2) is 4.79 Å². The molecule has 0 radical (unpaired) electrons. The molecule has 2 aromatic carbocycles. The normalized spacial score (nSPS) is 10.2. The highest BCUT2D eigenvalue weighted by molar-refractivity contribution is 5.91. The van der Waals surface area contributed by atoms with E-state index in [0.717, 1.165) is 24.8 Å². The summed E-state index contributed by atoms with van der Waals surface area (Å²) in [5.74, 6) is -0.218. The van der Waals surface area contributed by atoms with Crippen molar-refractivity contribution in [2.45, 2.75) is 26.2 Å². The number of carbonyl (C=O) groups excluding carboxylic acids is 1. The van der Waals surface area contributed by atoms with Crippen molar-refractivity contribution < 1.29 is 9.53 Å². The van der Waals surface area contributed by atoms with Gasteiger partial charge in [-0.3, -0.25) is 0 Å². The summed E-state index contributed by atoms with van der Waals surface area (Å²) in [6.45, 7) is 2.53. The highest BCUT2D eigenvalue weighted by atomic mass is 16.5. The molecule has 0 fully saturated rings. The molecule has 0 N–H and O–H groups in total. The van der Waals surface area contributed by atoms with Gasteiger partial charge >= 0.3 is 5.97 Å². The Morgan fingerprint density at radius 2 is 1.65 bits per heavy atom. The molecule has 2 rings (SSSR count). The second kappa shape index (κ2) is 7.49. The molecule has 0 aromatic heterocycles. The maximum absolute atomic E-state index is 12.1. The maximum Gasteiger partial charge on any atom is 0.338 e. The van der Waals surface area contributed by atoms with Crippen LogP contribution in [0.4, 0.5) is 0 Å². The van der Waals surface area contributed by atoms with E-state index in [4.69, 9.17) is 4.74 Å². The first-order valence-corrected chi connectivity index (χ1v) is 7.10. The Morgan fingerprint density at radius 3 is 2.40 bits per heavy atom. The van der Waals surface area contributed by atoms with Crippen molar-refractivity contribution >= 4 is 5.97 Å². The van der Waals surface area contributed by atoms with Gasteiger partial charge in [-0.1, -0.05) is 61.9 Å². The molecule has 2 aromatic rings. The molecule has 2 heteroatoms. The largest absolute Gasteiger partial charge is 0.462 e. The molecule has 0 aliphatic rings. The fourth-order valence-electron chi connectivity index (χ4n) is 2.19. The summed E-state index contributed by atoms with van der Waals surface area (Å²) in [4.78, 5) is 12.1. The number of ether oxygens (including phenoxy) is 1. The highest BCUT2D eigenvalue weighted by Gasteiger charge is 2.11. The van der Waals surface area contributed by atoms with Crippen molar-refractivity contribution in [1.29, 1.82) is 0 Å². The molecule has 0 heterocycles. The molecule has 0 unspecified atom stereocenters. The lowest BCUT2D eigenvalue weighted by Crippen LogP contribution is -2.10. The summed E-state index contributed by atoms with van der Waals surface area (Å²) in [7, 11) is 0. The van der Waals surface area contributed by atoms with E-state index >= 15 is 0 Å². The SMILES string of the molecule is CCCc1ccccc1C(=O)OCCc1ccccc1. The molecule has 104 valence electrons. The van der Waals surface area contributed by atoms with Crippen LogP contribution < -0.4 is 0 Å². The third kappa shape index (κ3) is 3.95. The van der Waals surface area contributed by atoms with Crippen molar-refractivity contribution in [3.05, 3.63) is 71.3 Å². The Hall–Kier alpha value is -2.09. The number of esters is 1. The van der Waals surface area contributed by atoms with Crippen LogP contribution in [0.5, 0.6) is 0 Å². The molecular formula is C18H20O2. The minimum Gasteiger partial charge on any atom is -0.462 e. The van der Waals surface area contributed by atoms with Crippen LogP contribution in [0.1, 0.15) is 34.8 Å². The van der Waals surface area contributed by atoms with Gasteiger partial charge in [0, 0.05) is 6.42 Å². The molecule has 0 saturated carbocycles. The zero-order valence-corrected chi connectivity index (χ0v) is 11.8. The molecule has 20 heavy (non-hydrogen) atoms. The third-order valence-corrected chi connectivity index (χ3v) is 3.22. The van der Waals surface area contributed by atoms with Gasteiger partial charge in [0.2, 0.25) is 0 Å². The van der Waals surface area contributed by atoms with Gasteiger partial charge < -0.3 is 4.74 Å². The van der Waals surface area contributed by atoms with Crippen LogP contribution in [0, 0.1) is 0 Å². The van der Waals surface area contributed by atoms with Crippen molar-refractivity contribution in [3.8, 4) is 0 Å². The maximum atomic E-state index is 12.1. The van der Waals surface area contributed by atoms with Crippen molar-refractivity contribution in [3.63, 3.8) is 0 Å². The summed E-state index contributed by atoms with van der Waals surface area (Å²) in [5, 5.41) is 0. The Labute approximate surface area is 120 Å². The molecule has 0 aliphatic carbocycles. The fourth-order valence-corrected chi connectivity index (χ4v) is 2.19. The molecule has 0 spiro atoms. The molecule has 0 aliphatic heterocycles. The van der Waals surface area contributed by atoms with Crippen LogP contribution in [-0.2, 0) is 17.6 Å². The van der Waals surface area contributed by atoms with Crippen LogP contribution in [0.3, 0.4) is 0 Å². The second-order valence-corrected chi connectivity index (χ2v) is 4.78. The van der Waals surface area contributed by atoms with E-state index in [1.807, 2.05) is 54.6 Å². The predicted octanol–water partition coefficient (Wildman–Crippen LogP) is 4.04. The lowest BCUT2D eigenvalue weighted by molar-refractivity contribution is 0.0508. The average Bonchev–Trinajstić information content (AvgIpc) is 2.49. The topological polar surface area (TPSA) is 26.3 Å². The molecule has 0 amide bonds. The number of aryl methyl sites for hydroxylation is 1. The van der Waals surface area contributed by atoms with Gasteiger partial charge in [-0.15, -0.1) is 0 Å². The van der Waals surface area contributed by atoms with Gasteiger partial charge in [-0.2, -0.15) is 0 Å². The third-order valence-electron chi connectivity index (χ3n) is 3.22. The summed E-state index contributed by atoms with van der Waals surface area (Å²) >= 11 is 0. The standard InChI is InChI=1S/C18H20O2/c1-2-8-16-11-6-7-12-17(16)18(19)20-14-13-15-9-4-3-5-10-15/h3-7,9-12H,2,8,13-14H2,1H3. The first-order chi connectivity index (χ1) is 9.81. The Balaban J connectivity index is 1.92. The molecule has 0 atom stereocenters. The molecule has 2 nitrogen and oxygen atoms in total. The quantitative estimate of drug-likeness (QED) is 0.739. The number of hydrogen-bond donors (Lipinski definition) is 0. The van der Waals surface area contributed by atoms with Gasteiger partial charge in [0.1, 0.15) is 0 Å². The van der Waals surface area contributed by atoms with Crippen LogP contribution >= 0.6 is 0 Å². The van der Waals surface area contributed by atoms with Crippen molar-refractivity contribution in [1.82, 2.24) is 0 Å². The molecule has 0 bridgehead atoms. The summed E-state index contributed by atoms with van der Waals surface area (Å²) in [6.07, 6.45) is 2.68. The Morgan fingerprint density at radius 1 is 0.950 bits per heavy atom. The minimum absolute atomic E-state index is 0.218. The number of benzene rings is 2. The van der Waals surface area contributed by atoms with Crippen LogP contribution in [0.25, 0.3) is 0 Å².